The third-order valence-electron chi connectivity index (χ3n) is 6.97. The highest BCUT2D eigenvalue weighted by molar-refractivity contribution is 5.85. The molecule has 2 aromatic rings. The van der Waals surface area contributed by atoms with Crippen LogP contribution in [0.15, 0.2) is 40.6 Å². The normalized spacial score (nSPS) is 13.3. The maximum absolute atomic E-state index is 10.4. The van der Waals surface area contributed by atoms with Crippen LogP contribution in [0.5, 0.6) is 28.7 Å². The Bertz CT molecular complexity index is 1060. The van der Waals surface area contributed by atoms with Crippen molar-refractivity contribution in [3.63, 3.8) is 0 Å². The van der Waals surface area contributed by atoms with Crippen molar-refractivity contribution >= 4 is 12.4 Å². The molecule has 2 unspecified atom stereocenters. The topological polar surface area (TPSA) is 94.7 Å². The molecular formula is C29H42ClN3O5. The predicted molar refractivity (Wildman–Crippen MR) is 152 cm³/mol. The number of aryl methyl sites for hydroxylation is 1. The number of hydrogen-bond acceptors (Lipinski definition) is 8. The molecule has 0 spiro atoms. The molecule has 0 bridgehead atoms. The molecule has 210 valence electrons. The smallest absolute Gasteiger partial charge is 0.203 e. The lowest BCUT2D eigenvalue weighted by Gasteiger charge is -2.32. The number of nitrogens with zero attached hydrogens (tertiary/aromatic N) is 3. The maximum Gasteiger partial charge on any atom is 0.203 e. The van der Waals surface area contributed by atoms with Crippen molar-refractivity contribution in [3.05, 3.63) is 41.5 Å². The second-order valence-electron chi connectivity index (χ2n) is 9.24. The molecule has 2 rings (SSSR count). The first-order valence-electron chi connectivity index (χ1n) is 12.6. The standard InChI is InChI=1S/C29H41N3O5.ClH/c1-20(2)29(19-30,22-17-26(35-6)28(37-8)27(18-22)36-7)15-9-10-23(32-31-3)13-11-21-12-14-24(33-4)25(16-21)34-5;/h12,14,16-18,20,23H,9-11,13,15H2,1-8H3;1H. The summed E-state index contributed by atoms with van der Waals surface area (Å²) < 4.78 is 27.4. The van der Waals surface area contributed by atoms with Crippen LogP contribution in [-0.4, -0.2) is 48.6 Å². The maximum atomic E-state index is 10.4. The van der Waals surface area contributed by atoms with E-state index in [-0.39, 0.29) is 24.4 Å². The number of hydrogen-bond donors (Lipinski definition) is 0. The van der Waals surface area contributed by atoms with E-state index in [2.05, 4.69) is 30.1 Å². The Morgan fingerprint density at radius 2 is 1.45 bits per heavy atom. The lowest BCUT2D eigenvalue weighted by Crippen LogP contribution is -2.31. The molecule has 0 aromatic heterocycles. The zero-order chi connectivity index (χ0) is 27.4. The first-order valence-corrected chi connectivity index (χ1v) is 12.6. The van der Waals surface area contributed by atoms with Crippen molar-refractivity contribution in [2.75, 3.05) is 42.6 Å². The summed E-state index contributed by atoms with van der Waals surface area (Å²) in [6.45, 7) is 4.15. The summed E-state index contributed by atoms with van der Waals surface area (Å²) in [5.74, 6) is 3.11. The van der Waals surface area contributed by atoms with E-state index in [0.29, 0.717) is 29.4 Å². The number of halogens is 1. The minimum absolute atomic E-state index is 0. The van der Waals surface area contributed by atoms with E-state index in [1.807, 2.05) is 30.3 Å². The van der Waals surface area contributed by atoms with Gasteiger partial charge >= 0.3 is 0 Å². The van der Waals surface area contributed by atoms with Gasteiger partial charge in [-0.25, -0.2) is 0 Å². The Hall–Kier alpha value is -3.18. The van der Waals surface area contributed by atoms with Crippen molar-refractivity contribution in [2.45, 2.75) is 57.4 Å². The second kappa shape index (κ2) is 15.9. The van der Waals surface area contributed by atoms with Gasteiger partial charge in [-0.15, -0.1) is 12.4 Å². The van der Waals surface area contributed by atoms with Gasteiger partial charge in [-0.1, -0.05) is 19.9 Å². The number of rotatable bonds is 15. The van der Waals surface area contributed by atoms with Crippen molar-refractivity contribution in [1.29, 1.82) is 5.26 Å². The third-order valence-corrected chi connectivity index (χ3v) is 6.97. The Labute approximate surface area is 233 Å². The Morgan fingerprint density at radius 1 is 0.842 bits per heavy atom. The summed E-state index contributed by atoms with van der Waals surface area (Å²) in [6, 6.07) is 12.4. The largest absolute Gasteiger partial charge is 0.493 e. The van der Waals surface area contributed by atoms with Crippen LogP contribution >= 0.6 is 12.4 Å². The van der Waals surface area contributed by atoms with Crippen LogP contribution in [0.25, 0.3) is 0 Å². The summed E-state index contributed by atoms with van der Waals surface area (Å²) in [4.78, 5) is 0. The van der Waals surface area contributed by atoms with E-state index in [4.69, 9.17) is 23.7 Å². The van der Waals surface area contributed by atoms with Gasteiger partial charge in [0.25, 0.3) is 0 Å². The molecule has 0 amide bonds. The van der Waals surface area contributed by atoms with Crippen LogP contribution in [0.4, 0.5) is 0 Å². The average Bonchev–Trinajstić information content (AvgIpc) is 2.92. The molecule has 0 saturated heterocycles. The fourth-order valence-electron chi connectivity index (χ4n) is 4.76. The molecule has 0 aliphatic heterocycles. The van der Waals surface area contributed by atoms with Crippen molar-refractivity contribution in [3.8, 4) is 34.8 Å². The average molecular weight is 548 g/mol. The summed E-state index contributed by atoms with van der Waals surface area (Å²) in [7, 11) is 9.72. The summed E-state index contributed by atoms with van der Waals surface area (Å²) >= 11 is 0. The minimum atomic E-state index is -0.718. The van der Waals surface area contributed by atoms with Crippen molar-refractivity contribution in [1.82, 2.24) is 0 Å². The molecule has 8 nitrogen and oxygen atoms in total. The minimum Gasteiger partial charge on any atom is -0.493 e. The molecule has 0 N–H and O–H groups in total. The van der Waals surface area contributed by atoms with E-state index in [1.165, 1.54) is 0 Å². The molecule has 0 heterocycles. The highest BCUT2D eigenvalue weighted by Crippen LogP contribution is 2.45. The molecule has 38 heavy (non-hydrogen) atoms. The van der Waals surface area contributed by atoms with E-state index < -0.39 is 5.41 Å². The molecule has 0 aliphatic carbocycles. The van der Waals surface area contributed by atoms with E-state index in [0.717, 1.165) is 42.6 Å². The van der Waals surface area contributed by atoms with Crippen molar-refractivity contribution < 1.29 is 23.7 Å². The SMILES string of the molecule is CN=NC(CCCC(C#N)(c1cc(OC)c(OC)c(OC)c1)C(C)C)CCc1ccc(OC)c(OC)c1.Cl. The summed E-state index contributed by atoms with van der Waals surface area (Å²) in [6.07, 6.45) is 4.00. The molecule has 0 aliphatic rings. The van der Waals surface area contributed by atoms with Gasteiger partial charge in [0.05, 0.1) is 53.1 Å². The fourth-order valence-corrected chi connectivity index (χ4v) is 4.76. The quantitative estimate of drug-likeness (QED) is 0.227. The van der Waals surface area contributed by atoms with E-state index in [9.17, 15) is 5.26 Å². The summed E-state index contributed by atoms with van der Waals surface area (Å²) in [5, 5.41) is 19.0. The molecular weight excluding hydrogens is 506 g/mol. The number of methoxy groups -OCH3 is 5. The van der Waals surface area contributed by atoms with Gasteiger partial charge in [0, 0.05) is 7.05 Å². The molecule has 2 atom stereocenters. The molecule has 0 saturated carbocycles. The Balaban J connectivity index is 0.00000722. The number of ether oxygens (including phenoxy) is 5. The highest BCUT2D eigenvalue weighted by atomic mass is 35.5. The fraction of sp³-hybridized carbons (Fsp3) is 0.552. The first-order chi connectivity index (χ1) is 17.8. The van der Waals surface area contributed by atoms with Gasteiger partial charge in [-0.05, 0) is 73.4 Å². The Morgan fingerprint density at radius 3 is 1.92 bits per heavy atom. The van der Waals surface area contributed by atoms with Crippen LogP contribution in [-0.2, 0) is 11.8 Å². The van der Waals surface area contributed by atoms with Gasteiger partial charge in [0.15, 0.2) is 23.0 Å². The second-order valence-corrected chi connectivity index (χ2v) is 9.24. The molecule has 9 heteroatoms. The van der Waals surface area contributed by atoms with Crippen LogP contribution in [0.1, 0.15) is 50.7 Å². The number of nitriles is 1. The van der Waals surface area contributed by atoms with E-state index >= 15 is 0 Å². The third kappa shape index (κ3) is 7.67. The van der Waals surface area contributed by atoms with Gasteiger partial charge in [-0.3, -0.25) is 0 Å². The van der Waals surface area contributed by atoms with E-state index in [1.54, 1.807) is 42.6 Å². The van der Waals surface area contributed by atoms with Gasteiger partial charge < -0.3 is 23.7 Å². The number of benzene rings is 2. The molecule has 2 aromatic carbocycles. The van der Waals surface area contributed by atoms with Gasteiger partial charge in [-0.2, -0.15) is 15.5 Å². The molecule has 0 radical (unpaired) electrons. The zero-order valence-corrected chi connectivity index (χ0v) is 24.7. The van der Waals surface area contributed by atoms with Crippen LogP contribution in [0.2, 0.25) is 0 Å². The van der Waals surface area contributed by atoms with Crippen LogP contribution in [0.3, 0.4) is 0 Å². The predicted octanol–water partition coefficient (Wildman–Crippen LogP) is 6.82. The van der Waals surface area contributed by atoms with Crippen LogP contribution < -0.4 is 23.7 Å². The Kier molecular flexibility index (Phi) is 13.8. The molecule has 0 fully saturated rings. The highest BCUT2D eigenvalue weighted by Gasteiger charge is 2.37. The van der Waals surface area contributed by atoms with Crippen LogP contribution in [0, 0.1) is 17.2 Å². The van der Waals surface area contributed by atoms with Gasteiger partial charge in [0.1, 0.15) is 0 Å². The van der Waals surface area contributed by atoms with Crippen molar-refractivity contribution in [2.24, 2.45) is 16.1 Å². The lowest BCUT2D eigenvalue weighted by molar-refractivity contribution is 0.315. The zero-order valence-electron chi connectivity index (χ0n) is 23.9. The lowest BCUT2D eigenvalue weighted by atomic mass is 9.69. The van der Waals surface area contributed by atoms with Gasteiger partial charge in [0.2, 0.25) is 5.75 Å². The monoisotopic (exact) mass is 547 g/mol. The first kappa shape index (κ1) is 32.8. The number of azo groups is 1. The summed E-state index contributed by atoms with van der Waals surface area (Å²) in [5.41, 5.74) is 1.29.